The molecule has 1 aliphatic carbocycles. The molecule has 1 saturated heterocycles. The van der Waals surface area contributed by atoms with Gasteiger partial charge in [0.25, 0.3) is 5.91 Å². The molecule has 1 N–H and O–H groups in total. The number of carbonyl (C=O) groups excluding carboxylic acids is 1. The molecule has 1 aromatic carbocycles. The molecule has 1 amide bonds. The first-order valence-electron chi connectivity index (χ1n) is 9.98. The summed E-state index contributed by atoms with van der Waals surface area (Å²) in [5.74, 6) is 0.266. The fourth-order valence-corrected chi connectivity index (χ4v) is 3.91. The van der Waals surface area contributed by atoms with E-state index in [4.69, 9.17) is 0 Å². The molecule has 0 unspecified atom stereocenters. The van der Waals surface area contributed by atoms with E-state index in [2.05, 4.69) is 20.0 Å². The molecule has 0 radical (unpaired) electrons. The van der Waals surface area contributed by atoms with Gasteiger partial charge in [-0.1, -0.05) is 6.07 Å². The molecule has 0 spiro atoms. The van der Waals surface area contributed by atoms with Gasteiger partial charge in [-0.25, -0.2) is 9.97 Å². The highest BCUT2D eigenvalue weighted by molar-refractivity contribution is 5.94. The summed E-state index contributed by atoms with van der Waals surface area (Å²) in [7, 11) is 0. The molecule has 4 rings (SSSR count). The van der Waals surface area contributed by atoms with Gasteiger partial charge in [0.1, 0.15) is 5.75 Å². The molecular weight excluding hydrogens is 397 g/mol. The van der Waals surface area contributed by atoms with Crippen LogP contribution >= 0.6 is 0 Å². The van der Waals surface area contributed by atoms with Crippen molar-refractivity contribution in [1.29, 1.82) is 0 Å². The summed E-state index contributed by atoms with van der Waals surface area (Å²) >= 11 is 0. The molecule has 2 aromatic rings. The van der Waals surface area contributed by atoms with Gasteiger partial charge in [-0.05, 0) is 62.3 Å². The van der Waals surface area contributed by atoms with Crippen LogP contribution in [0.25, 0.3) is 0 Å². The van der Waals surface area contributed by atoms with Gasteiger partial charge < -0.3 is 15.0 Å². The van der Waals surface area contributed by atoms with E-state index in [1.165, 1.54) is 24.5 Å². The average molecular weight is 420 g/mol. The SMILES string of the molecule is C[C@@H]1C[C@H](C)N1C(=O)c1cnc(NCc2cc(OC(F)(F)F)cc(C3CC3)c2)nc1. The first-order valence-corrected chi connectivity index (χ1v) is 9.98. The van der Waals surface area contributed by atoms with Crippen LogP contribution in [0.15, 0.2) is 30.6 Å². The van der Waals surface area contributed by atoms with Gasteiger partial charge >= 0.3 is 6.36 Å². The molecule has 30 heavy (non-hydrogen) atoms. The summed E-state index contributed by atoms with van der Waals surface area (Å²) < 4.78 is 42.0. The third-order valence-electron chi connectivity index (χ3n) is 5.49. The van der Waals surface area contributed by atoms with Crippen LogP contribution in [0.2, 0.25) is 0 Å². The quantitative estimate of drug-likeness (QED) is 0.746. The molecular formula is C21H23F3N4O2. The monoisotopic (exact) mass is 420 g/mol. The smallest absolute Gasteiger partial charge is 0.406 e. The van der Waals surface area contributed by atoms with Crippen molar-refractivity contribution in [3.05, 3.63) is 47.3 Å². The van der Waals surface area contributed by atoms with Gasteiger partial charge in [0.2, 0.25) is 5.95 Å². The molecule has 6 nitrogen and oxygen atoms in total. The second kappa shape index (κ2) is 7.77. The van der Waals surface area contributed by atoms with E-state index in [-0.39, 0.29) is 36.2 Å². The number of nitrogens with zero attached hydrogens (tertiary/aromatic N) is 3. The van der Waals surface area contributed by atoms with Crippen molar-refractivity contribution in [3.8, 4) is 5.75 Å². The lowest BCUT2D eigenvalue weighted by Gasteiger charge is -2.45. The van der Waals surface area contributed by atoms with Crippen molar-refractivity contribution in [1.82, 2.24) is 14.9 Å². The van der Waals surface area contributed by atoms with Gasteiger partial charge in [0, 0.05) is 31.0 Å². The van der Waals surface area contributed by atoms with Gasteiger partial charge in [-0.3, -0.25) is 4.79 Å². The molecule has 1 aromatic heterocycles. The summed E-state index contributed by atoms with van der Waals surface area (Å²) in [6, 6.07) is 5.09. The van der Waals surface area contributed by atoms with Crippen LogP contribution in [0.1, 0.15) is 60.5 Å². The number of ether oxygens (including phenoxy) is 1. The number of likely N-dealkylation sites (tertiary alicyclic amines) is 1. The highest BCUT2D eigenvalue weighted by Gasteiger charge is 2.36. The Bertz CT molecular complexity index is 921. The van der Waals surface area contributed by atoms with Crippen molar-refractivity contribution in [2.75, 3.05) is 5.32 Å². The molecule has 1 aliphatic heterocycles. The second-order valence-electron chi connectivity index (χ2n) is 8.03. The zero-order valence-electron chi connectivity index (χ0n) is 16.7. The van der Waals surface area contributed by atoms with E-state index < -0.39 is 6.36 Å². The predicted molar refractivity (Wildman–Crippen MR) is 104 cm³/mol. The maximum absolute atomic E-state index is 12.6. The Morgan fingerprint density at radius 3 is 2.40 bits per heavy atom. The third-order valence-corrected chi connectivity index (χ3v) is 5.49. The first-order chi connectivity index (χ1) is 14.2. The number of halogens is 3. The van der Waals surface area contributed by atoms with Crippen LogP contribution in [0.3, 0.4) is 0 Å². The maximum Gasteiger partial charge on any atom is 0.573 e. The minimum atomic E-state index is -4.73. The van der Waals surface area contributed by atoms with Crippen LogP contribution in [-0.4, -0.2) is 39.2 Å². The minimum absolute atomic E-state index is 0.0983. The van der Waals surface area contributed by atoms with Gasteiger partial charge in [-0.15, -0.1) is 13.2 Å². The Hall–Kier alpha value is -2.84. The van der Waals surface area contributed by atoms with Crippen molar-refractivity contribution in [2.24, 2.45) is 0 Å². The number of carbonyl (C=O) groups is 1. The Morgan fingerprint density at radius 1 is 1.17 bits per heavy atom. The number of hydrogen-bond donors (Lipinski definition) is 1. The number of benzene rings is 1. The Morgan fingerprint density at radius 2 is 1.83 bits per heavy atom. The maximum atomic E-state index is 12.6. The first kappa shape index (κ1) is 20.4. The molecule has 2 aliphatic rings. The van der Waals surface area contributed by atoms with Gasteiger partial charge in [0.05, 0.1) is 5.56 Å². The van der Waals surface area contributed by atoms with Gasteiger partial charge in [-0.2, -0.15) is 0 Å². The molecule has 0 bridgehead atoms. The van der Waals surface area contributed by atoms with E-state index in [1.54, 1.807) is 4.90 Å². The Kier molecular flexibility index (Phi) is 5.29. The topological polar surface area (TPSA) is 67.4 Å². The number of amides is 1. The standard InChI is InChI=1S/C21H23F3N4O2/c1-12-5-13(2)28(12)19(29)17-10-26-20(27-11-17)25-9-14-6-16(15-3-4-15)8-18(7-14)30-21(22,23)24/h6-8,10-13,15H,3-5,9H2,1-2H3,(H,25,26,27)/t12-,13+. The molecule has 1 saturated carbocycles. The van der Waals surface area contributed by atoms with E-state index in [1.807, 2.05) is 19.9 Å². The lowest BCUT2D eigenvalue weighted by Crippen LogP contribution is -2.55. The van der Waals surface area contributed by atoms with E-state index in [9.17, 15) is 18.0 Å². The summed E-state index contributed by atoms with van der Waals surface area (Å²) in [6.07, 6.45) is 1.11. The van der Waals surface area contributed by atoms with Crippen LogP contribution in [0.4, 0.5) is 19.1 Å². The van der Waals surface area contributed by atoms with E-state index in [0.717, 1.165) is 24.8 Å². The van der Waals surface area contributed by atoms with E-state index in [0.29, 0.717) is 17.1 Å². The lowest BCUT2D eigenvalue weighted by atomic mass is 9.95. The van der Waals surface area contributed by atoms with Crippen LogP contribution in [0, 0.1) is 0 Å². The lowest BCUT2D eigenvalue weighted by molar-refractivity contribution is -0.274. The summed E-state index contributed by atoms with van der Waals surface area (Å²) in [5, 5.41) is 2.99. The Labute approximate surface area is 172 Å². The van der Waals surface area contributed by atoms with Crippen molar-refractivity contribution >= 4 is 11.9 Å². The second-order valence-corrected chi connectivity index (χ2v) is 8.03. The fourth-order valence-electron chi connectivity index (χ4n) is 3.91. The zero-order valence-corrected chi connectivity index (χ0v) is 16.7. The van der Waals surface area contributed by atoms with E-state index >= 15 is 0 Å². The number of aromatic nitrogens is 2. The average Bonchev–Trinajstić information content (AvgIpc) is 3.50. The highest BCUT2D eigenvalue weighted by Crippen LogP contribution is 2.42. The normalized spacial score (nSPS) is 21.2. The minimum Gasteiger partial charge on any atom is -0.406 e. The zero-order chi connectivity index (χ0) is 21.5. The number of rotatable bonds is 6. The largest absolute Gasteiger partial charge is 0.573 e. The van der Waals surface area contributed by atoms with Crippen LogP contribution in [-0.2, 0) is 6.54 Å². The molecule has 160 valence electrons. The van der Waals surface area contributed by atoms with Crippen molar-refractivity contribution < 1.29 is 22.7 Å². The molecule has 2 atom stereocenters. The summed E-state index contributed by atoms with van der Waals surface area (Å²) in [6.45, 7) is 4.24. The highest BCUT2D eigenvalue weighted by atomic mass is 19.4. The van der Waals surface area contributed by atoms with Crippen LogP contribution < -0.4 is 10.1 Å². The Balaban J connectivity index is 1.42. The number of hydrogen-bond acceptors (Lipinski definition) is 5. The summed E-state index contributed by atoms with van der Waals surface area (Å²) in [5.41, 5.74) is 1.90. The molecule has 9 heteroatoms. The molecule has 2 heterocycles. The van der Waals surface area contributed by atoms with Crippen LogP contribution in [0.5, 0.6) is 5.75 Å². The number of alkyl halides is 3. The number of anilines is 1. The van der Waals surface area contributed by atoms with Crippen molar-refractivity contribution in [2.45, 2.75) is 64.0 Å². The fraction of sp³-hybridized carbons (Fsp3) is 0.476. The van der Waals surface area contributed by atoms with Gasteiger partial charge in [0.15, 0.2) is 0 Å². The predicted octanol–water partition coefficient (Wildman–Crippen LogP) is 4.49. The molecule has 2 fully saturated rings. The summed E-state index contributed by atoms with van der Waals surface area (Å²) in [4.78, 5) is 22.7. The van der Waals surface area contributed by atoms with Crippen molar-refractivity contribution in [3.63, 3.8) is 0 Å². The number of nitrogens with one attached hydrogen (secondary N) is 1. The third kappa shape index (κ3) is 4.66.